The largest absolute Gasteiger partial charge is 0.280 e. The van der Waals surface area contributed by atoms with Crippen LogP contribution in [-0.2, 0) is 10.0 Å². The highest BCUT2D eigenvalue weighted by atomic mass is 32.2. The fraction of sp³-hybridized carbons (Fsp3) is 0.0625. The maximum Gasteiger partial charge on any atom is 0.261 e. The van der Waals surface area contributed by atoms with E-state index in [9.17, 15) is 8.42 Å². The van der Waals surface area contributed by atoms with Gasteiger partial charge in [0.15, 0.2) is 0 Å². The molecule has 126 valence electrons. The lowest BCUT2D eigenvalue weighted by Gasteiger charge is -2.08. The molecule has 4 aromatic rings. The van der Waals surface area contributed by atoms with Gasteiger partial charge in [0, 0.05) is 10.9 Å². The van der Waals surface area contributed by atoms with E-state index in [2.05, 4.69) is 18.5 Å². The maximum absolute atomic E-state index is 12.6. The minimum Gasteiger partial charge on any atom is -0.280 e. The number of fused-ring (bicyclic) bond motifs is 1. The molecule has 1 N–H and O–H groups in total. The number of thiazole rings is 1. The number of aromatic nitrogens is 3. The molecule has 2 aromatic heterocycles. The van der Waals surface area contributed by atoms with Gasteiger partial charge in [0.25, 0.3) is 10.0 Å². The molecule has 6 nitrogen and oxygen atoms in total. The van der Waals surface area contributed by atoms with Gasteiger partial charge in [-0.3, -0.25) is 4.72 Å². The van der Waals surface area contributed by atoms with Crippen molar-refractivity contribution in [2.45, 2.75) is 11.8 Å². The third-order valence-electron chi connectivity index (χ3n) is 3.59. The summed E-state index contributed by atoms with van der Waals surface area (Å²) >= 11 is 2.66. The second kappa shape index (κ2) is 6.17. The zero-order valence-electron chi connectivity index (χ0n) is 13.0. The van der Waals surface area contributed by atoms with Crippen molar-refractivity contribution in [3.8, 4) is 11.3 Å². The fourth-order valence-electron chi connectivity index (χ4n) is 2.36. The summed E-state index contributed by atoms with van der Waals surface area (Å²) < 4.78 is 35.9. The molecule has 4 rings (SSSR count). The van der Waals surface area contributed by atoms with Crippen molar-refractivity contribution in [1.82, 2.24) is 13.7 Å². The van der Waals surface area contributed by atoms with Crippen LogP contribution in [0.15, 0.2) is 52.7 Å². The molecule has 9 heteroatoms. The van der Waals surface area contributed by atoms with Crippen molar-refractivity contribution in [1.29, 1.82) is 0 Å². The monoisotopic (exact) mass is 388 g/mol. The van der Waals surface area contributed by atoms with E-state index in [0.29, 0.717) is 11.2 Å². The molecule has 25 heavy (non-hydrogen) atoms. The predicted molar refractivity (Wildman–Crippen MR) is 101 cm³/mol. The van der Waals surface area contributed by atoms with Crippen LogP contribution in [0.4, 0.5) is 5.69 Å². The average molecular weight is 388 g/mol. The summed E-state index contributed by atoms with van der Waals surface area (Å²) in [5.41, 5.74) is 3.61. The van der Waals surface area contributed by atoms with E-state index in [4.69, 9.17) is 0 Å². The second-order valence-corrected chi connectivity index (χ2v) is 8.62. The lowest BCUT2D eigenvalue weighted by atomic mass is 10.2. The van der Waals surface area contributed by atoms with Crippen LogP contribution in [0.1, 0.15) is 5.01 Å². The summed E-state index contributed by atoms with van der Waals surface area (Å²) in [5.74, 6) is 0. The molecule has 0 aliphatic carbocycles. The third kappa shape index (κ3) is 3.26. The van der Waals surface area contributed by atoms with Gasteiger partial charge in [-0.2, -0.15) is 8.75 Å². The van der Waals surface area contributed by atoms with Crippen molar-refractivity contribution in [3.05, 3.63) is 52.9 Å². The molecule has 0 aliphatic heterocycles. The Morgan fingerprint density at radius 3 is 2.48 bits per heavy atom. The summed E-state index contributed by atoms with van der Waals surface area (Å²) in [4.78, 5) is 4.60. The van der Waals surface area contributed by atoms with Gasteiger partial charge in [-0.15, -0.1) is 11.3 Å². The highest BCUT2D eigenvalue weighted by Gasteiger charge is 2.15. The normalized spacial score (nSPS) is 11.7. The molecule has 0 fully saturated rings. The molecular formula is C16H12N4O2S3. The van der Waals surface area contributed by atoms with E-state index in [0.717, 1.165) is 33.5 Å². The van der Waals surface area contributed by atoms with E-state index in [1.54, 1.807) is 53.8 Å². The summed E-state index contributed by atoms with van der Waals surface area (Å²) in [6, 6.07) is 11.8. The van der Waals surface area contributed by atoms with Gasteiger partial charge >= 0.3 is 0 Å². The number of hydrogen-bond acceptors (Lipinski definition) is 7. The van der Waals surface area contributed by atoms with E-state index in [1.807, 2.05) is 12.3 Å². The first-order valence-electron chi connectivity index (χ1n) is 7.29. The molecule has 0 aliphatic rings. The standard InChI is InChI=1S/C16H12N4O2S3/c1-10-17-16(9-23-10)11-2-5-13(6-3-11)25(21,22)20-12-4-7-14-15(8-12)19-24-18-14/h2-9,20H,1H3. The van der Waals surface area contributed by atoms with Crippen LogP contribution >= 0.6 is 23.1 Å². The second-order valence-electron chi connectivity index (χ2n) is 5.35. The number of hydrogen-bond donors (Lipinski definition) is 1. The smallest absolute Gasteiger partial charge is 0.261 e. The van der Waals surface area contributed by atoms with E-state index >= 15 is 0 Å². The minimum absolute atomic E-state index is 0.194. The number of benzene rings is 2. The van der Waals surface area contributed by atoms with Gasteiger partial charge < -0.3 is 0 Å². The number of sulfonamides is 1. The number of rotatable bonds is 4. The van der Waals surface area contributed by atoms with Crippen LogP contribution in [0.2, 0.25) is 0 Å². The summed E-state index contributed by atoms with van der Waals surface area (Å²) in [5, 5.41) is 2.93. The van der Waals surface area contributed by atoms with E-state index in [-0.39, 0.29) is 4.90 Å². The first-order chi connectivity index (χ1) is 12.0. The Balaban J connectivity index is 1.61. The van der Waals surface area contributed by atoms with E-state index in [1.165, 1.54) is 0 Å². The summed E-state index contributed by atoms with van der Waals surface area (Å²) in [7, 11) is -3.67. The molecule has 0 radical (unpaired) electrons. The lowest BCUT2D eigenvalue weighted by Crippen LogP contribution is -2.12. The Morgan fingerprint density at radius 1 is 1.00 bits per heavy atom. The van der Waals surface area contributed by atoms with Crippen LogP contribution in [0.25, 0.3) is 22.3 Å². The molecule has 0 spiro atoms. The van der Waals surface area contributed by atoms with Gasteiger partial charge in [-0.1, -0.05) is 12.1 Å². The number of anilines is 1. The van der Waals surface area contributed by atoms with E-state index < -0.39 is 10.0 Å². The quantitative estimate of drug-likeness (QED) is 0.573. The lowest BCUT2D eigenvalue weighted by molar-refractivity contribution is 0.601. The molecular weight excluding hydrogens is 376 g/mol. The Kier molecular flexibility index (Phi) is 3.98. The summed E-state index contributed by atoms with van der Waals surface area (Å²) in [6.45, 7) is 1.94. The SMILES string of the molecule is Cc1nc(-c2ccc(S(=O)(=O)Nc3ccc4nsnc4c3)cc2)cs1. The summed E-state index contributed by atoms with van der Waals surface area (Å²) in [6.07, 6.45) is 0. The van der Waals surface area contributed by atoms with Crippen LogP contribution in [0.5, 0.6) is 0 Å². The van der Waals surface area contributed by atoms with Crippen LogP contribution in [0.3, 0.4) is 0 Å². The van der Waals surface area contributed by atoms with Crippen molar-refractivity contribution in [2.75, 3.05) is 4.72 Å². The van der Waals surface area contributed by atoms with Crippen LogP contribution in [0, 0.1) is 6.92 Å². The first kappa shape index (κ1) is 16.1. The first-order valence-corrected chi connectivity index (χ1v) is 10.4. The Hall–Kier alpha value is -2.36. The molecule has 0 saturated heterocycles. The van der Waals surface area contributed by atoms with Gasteiger partial charge in [0.1, 0.15) is 11.0 Å². The minimum atomic E-state index is -3.67. The van der Waals surface area contributed by atoms with Crippen molar-refractivity contribution in [2.24, 2.45) is 0 Å². The zero-order chi connectivity index (χ0) is 17.4. The zero-order valence-corrected chi connectivity index (χ0v) is 15.5. The fourth-order valence-corrected chi connectivity index (χ4v) is 4.55. The maximum atomic E-state index is 12.6. The number of nitrogens with zero attached hydrogens (tertiary/aromatic N) is 3. The van der Waals surface area contributed by atoms with Crippen molar-refractivity contribution >= 4 is 49.8 Å². The number of nitrogens with one attached hydrogen (secondary N) is 1. The Labute approximate surface area is 152 Å². The van der Waals surface area contributed by atoms with Crippen molar-refractivity contribution < 1.29 is 8.42 Å². The highest BCUT2D eigenvalue weighted by molar-refractivity contribution is 7.92. The molecule has 0 bridgehead atoms. The van der Waals surface area contributed by atoms with Gasteiger partial charge in [-0.05, 0) is 37.3 Å². The number of aryl methyl sites for hydroxylation is 1. The predicted octanol–water partition coefficient (Wildman–Crippen LogP) is 3.92. The van der Waals surface area contributed by atoms with Gasteiger partial charge in [0.05, 0.1) is 33.0 Å². The van der Waals surface area contributed by atoms with Crippen LogP contribution < -0.4 is 4.72 Å². The highest BCUT2D eigenvalue weighted by Crippen LogP contribution is 2.25. The molecule has 0 atom stereocenters. The molecule has 0 unspecified atom stereocenters. The third-order valence-corrected chi connectivity index (χ3v) is 6.31. The van der Waals surface area contributed by atoms with Gasteiger partial charge in [0.2, 0.25) is 0 Å². The molecule has 0 saturated carbocycles. The Morgan fingerprint density at radius 2 is 1.76 bits per heavy atom. The van der Waals surface area contributed by atoms with Crippen LogP contribution in [-0.4, -0.2) is 22.1 Å². The average Bonchev–Trinajstić information content (AvgIpc) is 3.23. The molecule has 0 amide bonds. The molecule has 2 aromatic carbocycles. The topological polar surface area (TPSA) is 84.8 Å². The Bertz CT molecular complexity index is 1150. The van der Waals surface area contributed by atoms with Crippen molar-refractivity contribution in [3.63, 3.8) is 0 Å². The molecule has 2 heterocycles. The van der Waals surface area contributed by atoms with Gasteiger partial charge in [-0.25, -0.2) is 13.4 Å².